The first-order valence-electron chi connectivity index (χ1n) is 11.6. The summed E-state index contributed by atoms with van der Waals surface area (Å²) >= 11 is 1.98. The summed E-state index contributed by atoms with van der Waals surface area (Å²) in [4.78, 5) is 54.7. The van der Waals surface area contributed by atoms with E-state index in [1.165, 1.54) is 42.3 Å². The van der Waals surface area contributed by atoms with Gasteiger partial charge in [-0.2, -0.15) is 0 Å². The maximum Gasteiger partial charge on any atom is 0.335 e. The molecule has 9 nitrogen and oxygen atoms in total. The van der Waals surface area contributed by atoms with Gasteiger partial charge in [0.25, 0.3) is 17.0 Å². The molecule has 0 atom stereocenters. The maximum atomic E-state index is 14.7. The summed E-state index contributed by atoms with van der Waals surface area (Å²) in [6.07, 6.45) is 0.940. The van der Waals surface area contributed by atoms with Gasteiger partial charge in [-0.3, -0.25) is 28.1 Å². The molecule has 0 aliphatic carbocycles. The lowest BCUT2D eigenvalue weighted by atomic mass is 10.1. The first-order chi connectivity index (χ1) is 17.6. The molecule has 2 aromatic heterocycles. The maximum absolute atomic E-state index is 14.7. The van der Waals surface area contributed by atoms with E-state index in [4.69, 9.17) is 0 Å². The van der Waals surface area contributed by atoms with Crippen molar-refractivity contribution in [1.82, 2.24) is 18.6 Å². The number of likely N-dealkylation sites (tertiary alicyclic amines) is 1. The molecular weight excluding hydrogens is 592 g/mol. The molecule has 1 N–H and O–H groups in total. The van der Waals surface area contributed by atoms with Crippen LogP contribution < -0.4 is 22.1 Å². The van der Waals surface area contributed by atoms with Crippen LogP contribution in [0.15, 0.2) is 56.8 Å². The summed E-state index contributed by atoms with van der Waals surface area (Å²) in [5, 5.41) is 2.94. The smallest absolute Gasteiger partial charge is 0.335 e. The van der Waals surface area contributed by atoms with E-state index in [0.29, 0.717) is 27.9 Å². The van der Waals surface area contributed by atoms with E-state index in [9.17, 15) is 23.6 Å². The zero-order valence-electron chi connectivity index (χ0n) is 20.3. The molecule has 0 spiro atoms. The molecule has 2 aromatic carbocycles. The Morgan fingerprint density at radius 2 is 1.73 bits per heavy atom. The molecule has 11 heteroatoms. The number of carbonyl (C=O) groups is 1. The van der Waals surface area contributed by atoms with Gasteiger partial charge in [-0.25, -0.2) is 9.18 Å². The number of benzene rings is 2. The van der Waals surface area contributed by atoms with Gasteiger partial charge in [-0.05, 0) is 72.3 Å². The molecule has 1 amide bonds. The highest BCUT2D eigenvalue weighted by Crippen LogP contribution is 2.27. The van der Waals surface area contributed by atoms with Crippen LogP contribution >= 0.6 is 22.6 Å². The van der Waals surface area contributed by atoms with Crippen molar-refractivity contribution in [3.63, 3.8) is 0 Å². The van der Waals surface area contributed by atoms with Crippen molar-refractivity contribution in [3.8, 4) is 5.69 Å². The molecule has 5 rings (SSSR count). The van der Waals surface area contributed by atoms with Crippen LogP contribution in [0, 0.1) is 16.3 Å². The summed E-state index contributed by atoms with van der Waals surface area (Å²) in [5.41, 5.74) is -0.715. The number of amides is 1. The number of pyridine rings is 1. The van der Waals surface area contributed by atoms with Gasteiger partial charge in [-0.15, -0.1) is 0 Å². The summed E-state index contributed by atoms with van der Waals surface area (Å²) in [5.74, 6) is -0.664. The van der Waals surface area contributed by atoms with Crippen LogP contribution in [0.5, 0.6) is 0 Å². The zero-order valence-corrected chi connectivity index (χ0v) is 22.5. The molecule has 1 aliphatic rings. The van der Waals surface area contributed by atoms with Gasteiger partial charge in [0.15, 0.2) is 0 Å². The third-order valence-electron chi connectivity index (χ3n) is 6.69. The Morgan fingerprint density at radius 3 is 2.38 bits per heavy atom. The number of aromatic nitrogens is 3. The van der Waals surface area contributed by atoms with E-state index in [-0.39, 0.29) is 33.9 Å². The number of hydrogen-bond donors (Lipinski definition) is 1. The minimum atomic E-state index is -0.672. The van der Waals surface area contributed by atoms with Gasteiger partial charge in [0.1, 0.15) is 17.0 Å². The number of hydrogen-bond acceptors (Lipinski definition) is 5. The third kappa shape index (κ3) is 4.06. The lowest BCUT2D eigenvalue weighted by molar-refractivity contribution is 0.0652. The fraction of sp³-hybridized carbons (Fsp3) is 0.231. The lowest BCUT2D eigenvalue weighted by Gasteiger charge is -2.31. The van der Waals surface area contributed by atoms with E-state index in [1.54, 1.807) is 35.2 Å². The molecule has 1 aliphatic heterocycles. The van der Waals surface area contributed by atoms with E-state index < -0.39 is 22.6 Å². The predicted molar refractivity (Wildman–Crippen MR) is 148 cm³/mol. The number of anilines is 2. The average molecular weight is 615 g/mol. The molecule has 0 saturated carbocycles. The molecular formula is C26H23FIN5O4. The molecule has 1 saturated heterocycles. The van der Waals surface area contributed by atoms with Crippen molar-refractivity contribution in [2.24, 2.45) is 14.1 Å². The Kier molecular flexibility index (Phi) is 6.26. The second kappa shape index (κ2) is 9.29. The quantitative estimate of drug-likeness (QED) is 0.356. The average Bonchev–Trinajstić information content (AvgIpc) is 2.84. The number of halogens is 2. The standard InChI is InChI=1S/C26H23FIN5O4/c1-14-21-20(22(30(2)23(14)34)29-19-9-8-16(28)13-18(19)27)25(36)31(3)26(37)33(21)17-7-4-6-15(12-17)24(35)32-10-5-11-32/h4,6-9,12-13,29H,5,10-11H2,1-3H3. The summed E-state index contributed by atoms with van der Waals surface area (Å²) in [7, 11) is 2.81. The highest BCUT2D eigenvalue weighted by atomic mass is 127. The van der Waals surface area contributed by atoms with Gasteiger partial charge < -0.3 is 10.2 Å². The molecule has 37 heavy (non-hydrogen) atoms. The number of carbonyl (C=O) groups excluding carboxylic acids is 1. The molecule has 4 aromatic rings. The fourth-order valence-corrected chi connectivity index (χ4v) is 4.94. The van der Waals surface area contributed by atoms with E-state index in [2.05, 4.69) is 5.32 Å². The Morgan fingerprint density at radius 1 is 1.00 bits per heavy atom. The molecule has 190 valence electrons. The summed E-state index contributed by atoms with van der Waals surface area (Å²) < 4.78 is 18.8. The van der Waals surface area contributed by atoms with Crippen LogP contribution in [0.25, 0.3) is 16.6 Å². The van der Waals surface area contributed by atoms with Crippen LogP contribution in [0.3, 0.4) is 0 Å². The van der Waals surface area contributed by atoms with Gasteiger partial charge in [0.05, 0.1) is 16.9 Å². The third-order valence-corrected chi connectivity index (χ3v) is 7.36. The van der Waals surface area contributed by atoms with Crippen molar-refractivity contribution in [3.05, 3.63) is 94.2 Å². The van der Waals surface area contributed by atoms with Gasteiger partial charge in [0, 0.05) is 41.9 Å². The molecule has 0 radical (unpaired) electrons. The van der Waals surface area contributed by atoms with Crippen LogP contribution in [-0.2, 0) is 14.1 Å². The number of aryl methyl sites for hydroxylation is 1. The number of nitrogens with one attached hydrogen (secondary N) is 1. The zero-order chi connectivity index (χ0) is 26.6. The van der Waals surface area contributed by atoms with Crippen molar-refractivity contribution in [2.75, 3.05) is 18.4 Å². The van der Waals surface area contributed by atoms with Crippen LogP contribution in [-0.4, -0.2) is 37.6 Å². The molecule has 0 unspecified atom stereocenters. The lowest BCUT2D eigenvalue weighted by Crippen LogP contribution is -2.42. The monoisotopic (exact) mass is 615 g/mol. The fourth-order valence-electron chi connectivity index (χ4n) is 4.49. The minimum Gasteiger partial charge on any atom is -0.339 e. The summed E-state index contributed by atoms with van der Waals surface area (Å²) in [6.45, 7) is 2.88. The highest BCUT2D eigenvalue weighted by molar-refractivity contribution is 14.1. The Hall–Kier alpha value is -3.74. The predicted octanol–water partition coefficient (Wildman–Crippen LogP) is 3.03. The summed E-state index contributed by atoms with van der Waals surface area (Å²) in [6, 6.07) is 11.1. The topological polar surface area (TPSA) is 98.3 Å². The van der Waals surface area contributed by atoms with E-state index in [0.717, 1.165) is 11.0 Å². The van der Waals surface area contributed by atoms with Crippen LogP contribution in [0.4, 0.5) is 15.9 Å². The number of nitrogens with zero attached hydrogens (tertiary/aromatic N) is 4. The van der Waals surface area contributed by atoms with Gasteiger partial charge in [-0.1, -0.05) is 6.07 Å². The largest absolute Gasteiger partial charge is 0.339 e. The SMILES string of the molecule is Cc1c(=O)n(C)c(Nc2ccc(I)cc2F)c2c(=O)n(C)c(=O)n(-c3cccc(C(=O)N4CCC4)c3)c12. The molecule has 1 fully saturated rings. The van der Waals surface area contributed by atoms with Crippen molar-refractivity contribution in [1.29, 1.82) is 0 Å². The minimum absolute atomic E-state index is 0.0409. The Labute approximate surface area is 223 Å². The Bertz CT molecular complexity index is 1790. The molecule has 0 bridgehead atoms. The Balaban J connectivity index is 1.83. The normalized spacial score (nSPS) is 13.1. The van der Waals surface area contributed by atoms with Gasteiger partial charge >= 0.3 is 5.69 Å². The van der Waals surface area contributed by atoms with E-state index in [1.807, 2.05) is 22.6 Å². The van der Waals surface area contributed by atoms with Crippen molar-refractivity contribution < 1.29 is 9.18 Å². The highest BCUT2D eigenvalue weighted by Gasteiger charge is 2.25. The molecule has 3 heterocycles. The first kappa shape index (κ1) is 24.9. The van der Waals surface area contributed by atoms with Crippen molar-refractivity contribution in [2.45, 2.75) is 13.3 Å². The first-order valence-corrected chi connectivity index (χ1v) is 12.6. The van der Waals surface area contributed by atoms with Crippen LogP contribution in [0.1, 0.15) is 22.3 Å². The second-order valence-corrected chi connectivity index (χ2v) is 10.2. The van der Waals surface area contributed by atoms with E-state index >= 15 is 0 Å². The second-order valence-electron chi connectivity index (χ2n) is 8.99. The number of rotatable bonds is 4. The number of fused-ring (bicyclic) bond motifs is 1. The van der Waals surface area contributed by atoms with Crippen LogP contribution in [0.2, 0.25) is 0 Å². The van der Waals surface area contributed by atoms with Gasteiger partial charge in [0.2, 0.25) is 0 Å². The van der Waals surface area contributed by atoms with Crippen molar-refractivity contribution >= 4 is 50.9 Å².